The van der Waals surface area contributed by atoms with Gasteiger partial charge in [0.1, 0.15) is 5.75 Å². The van der Waals surface area contributed by atoms with Gasteiger partial charge in [0.05, 0.1) is 19.1 Å². The van der Waals surface area contributed by atoms with Crippen LogP contribution in [0.1, 0.15) is 24.5 Å². The maximum atomic E-state index is 12.0. The van der Waals surface area contributed by atoms with Gasteiger partial charge in [-0.2, -0.15) is 0 Å². The van der Waals surface area contributed by atoms with Crippen LogP contribution in [0.4, 0.5) is 0 Å². The van der Waals surface area contributed by atoms with E-state index in [1.807, 2.05) is 61.5 Å². The predicted octanol–water partition coefficient (Wildman–Crippen LogP) is 2.62. The standard InChI is InChI=1S/C22H25NO5/c1-16-8-6-7-11-20(16)27-13-12-22(26)28-15-21(25)23-19(17(2)24)14-18-9-4-3-5-10-18/h3-11,19H,12-15H2,1-2H3,(H,23,25)/t19-/m1/s1. The molecule has 0 saturated heterocycles. The number of hydrogen-bond donors (Lipinski definition) is 1. The maximum Gasteiger partial charge on any atom is 0.309 e. The van der Waals surface area contributed by atoms with Gasteiger partial charge in [0.15, 0.2) is 12.4 Å². The fourth-order valence-corrected chi connectivity index (χ4v) is 2.56. The lowest BCUT2D eigenvalue weighted by atomic mass is 10.0. The molecule has 1 N–H and O–H groups in total. The van der Waals surface area contributed by atoms with Gasteiger partial charge in [-0.3, -0.25) is 14.4 Å². The molecule has 0 aliphatic rings. The first kappa shape index (κ1) is 21.2. The Hall–Kier alpha value is -3.15. The zero-order chi connectivity index (χ0) is 20.4. The lowest BCUT2D eigenvalue weighted by Gasteiger charge is -2.16. The van der Waals surface area contributed by atoms with Crippen molar-refractivity contribution in [3.05, 3.63) is 65.7 Å². The van der Waals surface area contributed by atoms with Crippen molar-refractivity contribution >= 4 is 17.7 Å². The van der Waals surface area contributed by atoms with Gasteiger partial charge in [-0.05, 0) is 37.5 Å². The third-order valence-corrected chi connectivity index (χ3v) is 4.13. The van der Waals surface area contributed by atoms with Crippen LogP contribution in [0.15, 0.2) is 54.6 Å². The Labute approximate surface area is 164 Å². The molecule has 0 aromatic heterocycles. The van der Waals surface area contributed by atoms with Gasteiger partial charge in [0, 0.05) is 0 Å². The van der Waals surface area contributed by atoms with Crippen LogP contribution in [-0.4, -0.2) is 36.9 Å². The number of amides is 1. The minimum atomic E-state index is -0.655. The molecule has 0 radical (unpaired) electrons. The first-order valence-electron chi connectivity index (χ1n) is 9.13. The molecule has 148 valence electrons. The van der Waals surface area contributed by atoms with Gasteiger partial charge in [-0.1, -0.05) is 48.5 Å². The molecule has 2 rings (SSSR count). The van der Waals surface area contributed by atoms with E-state index < -0.39 is 24.5 Å². The van der Waals surface area contributed by atoms with E-state index in [2.05, 4.69) is 5.32 Å². The predicted molar refractivity (Wildman–Crippen MR) is 105 cm³/mol. The lowest BCUT2D eigenvalue weighted by Crippen LogP contribution is -2.43. The summed E-state index contributed by atoms with van der Waals surface area (Å²) in [6.45, 7) is 3.07. The van der Waals surface area contributed by atoms with E-state index in [1.165, 1.54) is 6.92 Å². The zero-order valence-corrected chi connectivity index (χ0v) is 16.1. The number of nitrogens with one attached hydrogen (secondary N) is 1. The van der Waals surface area contributed by atoms with Gasteiger partial charge < -0.3 is 14.8 Å². The molecule has 6 heteroatoms. The molecular formula is C22H25NO5. The summed E-state index contributed by atoms with van der Waals surface area (Å²) in [4.78, 5) is 35.6. The molecule has 0 aliphatic carbocycles. The minimum absolute atomic E-state index is 0.0295. The van der Waals surface area contributed by atoms with E-state index in [9.17, 15) is 14.4 Å². The van der Waals surface area contributed by atoms with Crippen LogP contribution in [0.5, 0.6) is 5.75 Å². The molecule has 0 aliphatic heterocycles. The van der Waals surface area contributed by atoms with Crippen LogP contribution < -0.4 is 10.1 Å². The number of esters is 1. The first-order valence-corrected chi connectivity index (χ1v) is 9.13. The highest BCUT2D eigenvalue weighted by molar-refractivity contribution is 5.88. The summed E-state index contributed by atoms with van der Waals surface area (Å²) in [5.74, 6) is -0.496. The summed E-state index contributed by atoms with van der Waals surface area (Å²) in [6.07, 6.45) is 0.419. The van der Waals surface area contributed by atoms with Crippen molar-refractivity contribution in [2.24, 2.45) is 0 Å². The summed E-state index contributed by atoms with van der Waals surface area (Å²) in [5, 5.41) is 2.61. The molecule has 6 nitrogen and oxygen atoms in total. The molecule has 0 saturated carbocycles. The smallest absolute Gasteiger partial charge is 0.309 e. The summed E-state index contributed by atoms with van der Waals surface area (Å²) >= 11 is 0. The Morgan fingerprint density at radius 1 is 1.00 bits per heavy atom. The highest BCUT2D eigenvalue weighted by Gasteiger charge is 2.18. The van der Waals surface area contributed by atoms with E-state index >= 15 is 0 Å². The largest absolute Gasteiger partial charge is 0.493 e. The summed E-state index contributed by atoms with van der Waals surface area (Å²) < 4.78 is 10.5. The molecule has 28 heavy (non-hydrogen) atoms. The van der Waals surface area contributed by atoms with E-state index in [0.717, 1.165) is 11.1 Å². The number of carbonyl (C=O) groups excluding carboxylic acids is 3. The lowest BCUT2D eigenvalue weighted by molar-refractivity contribution is -0.149. The van der Waals surface area contributed by atoms with E-state index in [-0.39, 0.29) is 18.8 Å². The van der Waals surface area contributed by atoms with Crippen LogP contribution in [0.3, 0.4) is 0 Å². The van der Waals surface area contributed by atoms with Gasteiger partial charge in [0.2, 0.25) is 0 Å². The van der Waals surface area contributed by atoms with Crippen LogP contribution in [0.2, 0.25) is 0 Å². The van der Waals surface area contributed by atoms with Gasteiger partial charge in [0.25, 0.3) is 5.91 Å². The Bertz CT molecular complexity index is 804. The van der Waals surface area contributed by atoms with Crippen molar-refractivity contribution in [3.63, 3.8) is 0 Å². The SMILES string of the molecule is CC(=O)[C@@H](Cc1ccccc1)NC(=O)COC(=O)CCOc1ccccc1C. The van der Waals surface area contributed by atoms with Crippen molar-refractivity contribution < 1.29 is 23.9 Å². The highest BCUT2D eigenvalue weighted by atomic mass is 16.5. The molecule has 0 heterocycles. The number of hydrogen-bond acceptors (Lipinski definition) is 5. The topological polar surface area (TPSA) is 81.7 Å². The molecule has 2 aromatic rings. The Balaban J connectivity index is 1.72. The Morgan fingerprint density at radius 2 is 1.68 bits per heavy atom. The van der Waals surface area contributed by atoms with Gasteiger partial charge in [-0.15, -0.1) is 0 Å². The van der Waals surface area contributed by atoms with E-state index in [4.69, 9.17) is 9.47 Å². The molecule has 0 bridgehead atoms. The quantitative estimate of drug-likeness (QED) is 0.638. The molecule has 0 spiro atoms. The number of carbonyl (C=O) groups is 3. The Morgan fingerprint density at radius 3 is 2.36 bits per heavy atom. The fraction of sp³-hybridized carbons (Fsp3) is 0.318. The third-order valence-electron chi connectivity index (χ3n) is 4.13. The molecule has 1 amide bonds. The van der Waals surface area contributed by atoms with Crippen molar-refractivity contribution in [2.75, 3.05) is 13.2 Å². The van der Waals surface area contributed by atoms with Crippen LogP contribution >= 0.6 is 0 Å². The summed E-state index contributed by atoms with van der Waals surface area (Å²) in [6, 6.07) is 16.2. The number of ketones is 1. The number of Topliss-reactive ketones (excluding diaryl/α,β-unsaturated/α-hetero) is 1. The normalized spacial score (nSPS) is 11.4. The second-order valence-corrected chi connectivity index (χ2v) is 6.45. The van der Waals surface area contributed by atoms with E-state index in [1.54, 1.807) is 0 Å². The summed E-state index contributed by atoms with van der Waals surface area (Å²) in [7, 11) is 0. The molecule has 2 aromatic carbocycles. The maximum absolute atomic E-state index is 12.0. The van der Waals surface area contributed by atoms with Crippen molar-refractivity contribution in [1.29, 1.82) is 0 Å². The van der Waals surface area contributed by atoms with Crippen LogP contribution in [0.25, 0.3) is 0 Å². The number of ether oxygens (including phenoxy) is 2. The fourth-order valence-electron chi connectivity index (χ4n) is 2.56. The van der Waals surface area contributed by atoms with Crippen molar-refractivity contribution in [1.82, 2.24) is 5.32 Å². The molecule has 0 fully saturated rings. The molecule has 0 unspecified atom stereocenters. The molecular weight excluding hydrogens is 358 g/mol. The zero-order valence-electron chi connectivity index (χ0n) is 16.1. The summed E-state index contributed by atoms with van der Waals surface area (Å²) in [5.41, 5.74) is 1.91. The average molecular weight is 383 g/mol. The highest BCUT2D eigenvalue weighted by Crippen LogP contribution is 2.16. The number of rotatable bonds is 10. The Kier molecular flexibility index (Phi) is 8.21. The van der Waals surface area contributed by atoms with Crippen molar-refractivity contribution in [2.45, 2.75) is 32.7 Å². The van der Waals surface area contributed by atoms with Gasteiger partial charge >= 0.3 is 5.97 Å². The van der Waals surface area contributed by atoms with Crippen LogP contribution in [-0.2, 0) is 25.5 Å². The number of para-hydroxylation sites is 1. The van der Waals surface area contributed by atoms with Crippen molar-refractivity contribution in [3.8, 4) is 5.75 Å². The molecule has 1 atom stereocenters. The second-order valence-electron chi connectivity index (χ2n) is 6.45. The van der Waals surface area contributed by atoms with Gasteiger partial charge in [-0.25, -0.2) is 0 Å². The van der Waals surface area contributed by atoms with Crippen LogP contribution in [0, 0.1) is 6.92 Å². The van der Waals surface area contributed by atoms with E-state index in [0.29, 0.717) is 12.2 Å². The minimum Gasteiger partial charge on any atom is -0.493 e. The second kappa shape index (κ2) is 10.9. The monoisotopic (exact) mass is 383 g/mol. The first-order chi connectivity index (χ1) is 13.5. The average Bonchev–Trinajstić information content (AvgIpc) is 2.68. The number of benzene rings is 2. The third kappa shape index (κ3) is 7.23. The number of aryl methyl sites for hydroxylation is 1.